The molecular weight excluding hydrogens is 180 g/mol. The van der Waals surface area contributed by atoms with Gasteiger partial charge in [-0.15, -0.1) is 0 Å². The molecule has 1 aliphatic rings. The van der Waals surface area contributed by atoms with Crippen LogP contribution in [-0.4, -0.2) is 30.7 Å². The third-order valence-electron chi connectivity index (χ3n) is 2.54. The Morgan fingerprint density at radius 2 is 2.29 bits per heavy atom. The number of hydrogen-bond donors (Lipinski definition) is 1. The van der Waals surface area contributed by atoms with Crippen LogP contribution in [0.3, 0.4) is 0 Å². The summed E-state index contributed by atoms with van der Waals surface area (Å²) in [6.07, 6.45) is 6.35. The Hall–Kier alpha value is -0.120. The van der Waals surface area contributed by atoms with Crippen molar-refractivity contribution in [3.8, 4) is 0 Å². The Labute approximate surface area is 86.4 Å². The van der Waals surface area contributed by atoms with E-state index in [-0.39, 0.29) is 19.0 Å². The molecule has 0 unspecified atom stereocenters. The fraction of sp³-hybridized carbons (Fsp3) is 1.00. The van der Waals surface area contributed by atoms with Crippen LogP contribution < -0.4 is 0 Å². The molecular formula is C11H22O3. The van der Waals surface area contributed by atoms with Crippen molar-refractivity contribution in [1.82, 2.24) is 0 Å². The second-order valence-corrected chi connectivity index (χ2v) is 3.86. The normalized spacial score (nSPS) is 24.9. The summed E-state index contributed by atoms with van der Waals surface area (Å²) < 4.78 is 11.3. The van der Waals surface area contributed by atoms with Gasteiger partial charge in [0.25, 0.3) is 0 Å². The van der Waals surface area contributed by atoms with Crippen molar-refractivity contribution in [2.45, 2.75) is 57.8 Å². The summed E-state index contributed by atoms with van der Waals surface area (Å²) in [5, 5.41) is 8.87. The lowest BCUT2D eigenvalue weighted by Crippen LogP contribution is -2.28. The molecule has 0 saturated carbocycles. The highest BCUT2D eigenvalue weighted by Crippen LogP contribution is 2.18. The molecule has 0 amide bonds. The Balaban J connectivity index is 2.21. The van der Waals surface area contributed by atoms with Crippen molar-refractivity contribution in [2.75, 3.05) is 13.2 Å². The molecule has 1 saturated heterocycles. The van der Waals surface area contributed by atoms with Crippen LogP contribution in [0.2, 0.25) is 0 Å². The van der Waals surface area contributed by atoms with Crippen LogP contribution in [0.1, 0.15) is 45.4 Å². The fourth-order valence-corrected chi connectivity index (χ4v) is 1.78. The number of aliphatic hydroxyl groups is 1. The van der Waals surface area contributed by atoms with Gasteiger partial charge in [-0.05, 0) is 32.1 Å². The van der Waals surface area contributed by atoms with Gasteiger partial charge in [0.05, 0.1) is 6.10 Å². The zero-order valence-electron chi connectivity index (χ0n) is 9.08. The summed E-state index contributed by atoms with van der Waals surface area (Å²) in [7, 11) is 0. The first kappa shape index (κ1) is 12.0. The zero-order valence-corrected chi connectivity index (χ0v) is 9.08. The van der Waals surface area contributed by atoms with Crippen LogP contribution in [0.4, 0.5) is 0 Å². The van der Waals surface area contributed by atoms with Crippen molar-refractivity contribution >= 4 is 0 Å². The second kappa shape index (κ2) is 7.21. The summed E-state index contributed by atoms with van der Waals surface area (Å²) in [6, 6.07) is 0. The predicted molar refractivity (Wildman–Crippen MR) is 55.1 cm³/mol. The monoisotopic (exact) mass is 202 g/mol. The van der Waals surface area contributed by atoms with E-state index in [2.05, 4.69) is 6.92 Å². The van der Waals surface area contributed by atoms with Crippen LogP contribution in [0.15, 0.2) is 0 Å². The van der Waals surface area contributed by atoms with E-state index < -0.39 is 0 Å². The van der Waals surface area contributed by atoms with Gasteiger partial charge in [-0.3, -0.25) is 0 Å². The Morgan fingerprint density at radius 3 is 2.86 bits per heavy atom. The lowest BCUT2D eigenvalue weighted by molar-refractivity contribution is -0.191. The van der Waals surface area contributed by atoms with Gasteiger partial charge >= 0.3 is 0 Å². The van der Waals surface area contributed by atoms with Crippen LogP contribution in [-0.2, 0) is 9.47 Å². The maximum Gasteiger partial charge on any atom is 0.157 e. The first-order valence-electron chi connectivity index (χ1n) is 5.74. The molecule has 2 atom stereocenters. The molecule has 1 heterocycles. The van der Waals surface area contributed by atoms with Gasteiger partial charge in [0, 0.05) is 13.2 Å². The van der Waals surface area contributed by atoms with E-state index in [1.54, 1.807) is 0 Å². The predicted octanol–water partition coefficient (Wildman–Crippen LogP) is 2.08. The number of ether oxygens (including phenoxy) is 2. The summed E-state index contributed by atoms with van der Waals surface area (Å²) in [6.45, 7) is 3.16. The Bertz CT molecular complexity index is 126. The highest BCUT2D eigenvalue weighted by Gasteiger charge is 2.18. The molecule has 1 N–H and O–H groups in total. The summed E-state index contributed by atoms with van der Waals surface area (Å²) in [5.74, 6) is 0. The number of hydrogen-bond acceptors (Lipinski definition) is 3. The van der Waals surface area contributed by atoms with Gasteiger partial charge < -0.3 is 14.6 Å². The maximum absolute atomic E-state index is 8.87. The van der Waals surface area contributed by atoms with Crippen LogP contribution >= 0.6 is 0 Å². The van der Waals surface area contributed by atoms with Crippen molar-refractivity contribution in [2.24, 2.45) is 0 Å². The molecule has 0 aromatic carbocycles. The van der Waals surface area contributed by atoms with Gasteiger partial charge in [0.2, 0.25) is 0 Å². The molecule has 1 rings (SSSR count). The fourth-order valence-electron chi connectivity index (χ4n) is 1.78. The van der Waals surface area contributed by atoms with E-state index in [0.717, 1.165) is 38.7 Å². The van der Waals surface area contributed by atoms with E-state index in [9.17, 15) is 0 Å². The first-order chi connectivity index (χ1) is 6.86. The molecule has 0 radical (unpaired) electrons. The van der Waals surface area contributed by atoms with Crippen LogP contribution in [0.25, 0.3) is 0 Å². The molecule has 1 aliphatic heterocycles. The molecule has 1 fully saturated rings. The number of rotatable bonds is 6. The van der Waals surface area contributed by atoms with Crippen LogP contribution in [0, 0.1) is 0 Å². The van der Waals surface area contributed by atoms with Gasteiger partial charge in [0.15, 0.2) is 6.29 Å². The highest BCUT2D eigenvalue weighted by atomic mass is 16.7. The third kappa shape index (κ3) is 4.40. The summed E-state index contributed by atoms with van der Waals surface area (Å²) >= 11 is 0. The second-order valence-electron chi connectivity index (χ2n) is 3.86. The topological polar surface area (TPSA) is 38.7 Å². The largest absolute Gasteiger partial charge is 0.396 e. The van der Waals surface area contributed by atoms with Crippen molar-refractivity contribution in [1.29, 1.82) is 0 Å². The van der Waals surface area contributed by atoms with Gasteiger partial charge in [-0.2, -0.15) is 0 Å². The lowest BCUT2D eigenvalue weighted by Gasteiger charge is -2.27. The summed E-state index contributed by atoms with van der Waals surface area (Å²) in [4.78, 5) is 0. The molecule has 84 valence electrons. The molecule has 3 heteroatoms. The van der Waals surface area contributed by atoms with E-state index in [0.29, 0.717) is 0 Å². The molecule has 14 heavy (non-hydrogen) atoms. The van der Waals surface area contributed by atoms with Crippen molar-refractivity contribution in [3.05, 3.63) is 0 Å². The standard InChI is InChI=1S/C11H22O3/c1-2-5-10(7-8-12)14-11-6-3-4-9-13-11/h10-12H,2-9H2,1H3/t10-,11-/m0/s1. The van der Waals surface area contributed by atoms with E-state index in [4.69, 9.17) is 14.6 Å². The van der Waals surface area contributed by atoms with Crippen molar-refractivity contribution < 1.29 is 14.6 Å². The molecule has 0 aromatic heterocycles. The quantitative estimate of drug-likeness (QED) is 0.716. The van der Waals surface area contributed by atoms with Crippen LogP contribution in [0.5, 0.6) is 0 Å². The van der Waals surface area contributed by atoms with Gasteiger partial charge in [-0.25, -0.2) is 0 Å². The van der Waals surface area contributed by atoms with Gasteiger partial charge in [-0.1, -0.05) is 13.3 Å². The maximum atomic E-state index is 8.87. The van der Waals surface area contributed by atoms with Gasteiger partial charge in [0.1, 0.15) is 0 Å². The third-order valence-corrected chi connectivity index (χ3v) is 2.54. The smallest absolute Gasteiger partial charge is 0.157 e. The Morgan fingerprint density at radius 1 is 1.43 bits per heavy atom. The Kier molecular flexibility index (Phi) is 6.15. The molecule has 0 spiro atoms. The zero-order chi connectivity index (χ0) is 10.2. The average molecular weight is 202 g/mol. The minimum absolute atomic E-state index is 0.0214. The molecule has 0 aromatic rings. The summed E-state index contributed by atoms with van der Waals surface area (Å²) in [5.41, 5.74) is 0. The van der Waals surface area contributed by atoms with Crippen molar-refractivity contribution in [3.63, 3.8) is 0 Å². The lowest BCUT2D eigenvalue weighted by atomic mass is 10.1. The number of aliphatic hydroxyl groups excluding tert-OH is 1. The minimum atomic E-state index is -0.0214. The van der Waals surface area contributed by atoms with E-state index >= 15 is 0 Å². The highest BCUT2D eigenvalue weighted by molar-refractivity contribution is 4.61. The molecule has 3 nitrogen and oxygen atoms in total. The SMILES string of the molecule is CCC[C@@H](CCO)O[C@H]1CCCCO1. The minimum Gasteiger partial charge on any atom is -0.396 e. The average Bonchev–Trinajstić information content (AvgIpc) is 2.20. The molecule has 0 bridgehead atoms. The first-order valence-corrected chi connectivity index (χ1v) is 5.74. The van der Waals surface area contributed by atoms with E-state index in [1.165, 1.54) is 6.42 Å². The molecule has 0 aliphatic carbocycles. The van der Waals surface area contributed by atoms with E-state index in [1.807, 2.05) is 0 Å².